The Labute approximate surface area is 193 Å². The van der Waals surface area contributed by atoms with Gasteiger partial charge in [-0.2, -0.15) is 5.10 Å². The zero-order valence-corrected chi connectivity index (χ0v) is 19.4. The van der Waals surface area contributed by atoms with Gasteiger partial charge in [-0.15, -0.1) is 11.8 Å². The van der Waals surface area contributed by atoms with E-state index in [0.717, 1.165) is 27.5 Å². The second kappa shape index (κ2) is 11.0. The molecule has 3 aromatic carbocycles. The number of thioether (sulfide) groups is 1. The van der Waals surface area contributed by atoms with E-state index in [1.807, 2.05) is 42.6 Å². The minimum Gasteiger partial charge on any atom is -0.348 e. The number of carbonyl (C=O) groups is 1. The summed E-state index contributed by atoms with van der Waals surface area (Å²) in [5.74, 6) is 0.281. The van der Waals surface area contributed by atoms with Crippen molar-refractivity contribution in [3.05, 3.63) is 95.3 Å². The number of hydrazone groups is 1. The van der Waals surface area contributed by atoms with E-state index in [-0.39, 0.29) is 17.1 Å². The van der Waals surface area contributed by atoms with Crippen LogP contribution in [0.15, 0.2) is 82.8 Å². The number of amides is 1. The first-order valence-electron chi connectivity index (χ1n) is 10.4. The molecule has 0 fully saturated rings. The monoisotopic (exact) mass is 449 g/mol. The third-order valence-electron chi connectivity index (χ3n) is 4.47. The van der Waals surface area contributed by atoms with Gasteiger partial charge in [-0.3, -0.25) is 10.2 Å². The Morgan fingerprint density at radius 1 is 1.00 bits per heavy atom. The summed E-state index contributed by atoms with van der Waals surface area (Å²) in [7, 11) is 0. The highest BCUT2D eigenvalue weighted by Gasteiger charge is 2.09. The number of hydrogen-bond acceptors (Lipinski definition) is 4. The summed E-state index contributed by atoms with van der Waals surface area (Å²) in [5.41, 5.74) is 6.60. The van der Waals surface area contributed by atoms with E-state index in [2.05, 4.69) is 42.7 Å². The zero-order valence-electron chi connectivity index (χ0n) is 18.6. The van der Waals surface area contributed by atoms with Crippen molar-refractivity contribution in [2.24, 2.45) is 10.5 Å². The van der Waals surface area contributed by atoms with Gasteiger partial charge in [0, 0.05) is 29.0 Å². The number of hydrogen-bond donors (Lipinski definition) is 2. The lowest BCUT2D eigenvalue weighted by Crippen LogP contribution is -2.22. The fourth-order valence-corrected chi connectivity index (χ4v) is 3.78. The van der Waals surface area contributed by atoms with Gasteiger partial charge < -0.3 is 5.32 Å². The van der Waals surface area contributed by atoms with E-state index in [1.165, 1.54) is 12.1 Å². The maximum absolute atomic E-state index is 13.0. The molecule has 0 aromatic heterocycles. The first kappa shape index (κ1) is 23.5. The fraction of sp³-hybridized carbons (Fsp3) is 0.231. The number of benzene rings is 3. The second-order valence-corrected chi connectivity index (χ2v) is 9.55. The van der Waals surface area contributed by atoms with Crippen molar-refractivity contribution in [1.29, 1.82) is 0 Å². The van der Waals surface area contributed by atoms with Crippen LogP contribution in [-0.4, -0.2) is 12.1 Å². The zero-order chi connectivity index (χ0) is 23.0. The van der Waals surface area contributed by atoms with E-state index >= 15 is 0 Å². The molecule has 4 nitrogen and oxygen atoms in total. The van der Waals surface area contributed by atoms with Crippen molar-refractivity contribution in [2.45, 2.75) is 38.0 Å². The molecule has 0 saturated carbocycles. The Morgan fingerprint density at radius 3 is 2.50 bits per heavy atom. The lowest BCUT2D eigenvalue weighted by molar-refractivity contribution is 0.0951. The molecule has 0 heterocycles. The third kappa shape index (κ3) is 7.54. The van der Waals surface area contributed by atoms with Crippen LogP contribution in [0.3, 0.4) is 0 Å². The number of rotatable bonds is 8. The normalized spacial score (nSPS) is 11.5. The molecule has 0 aliphatic rings. The van der Waals surface area contributed by atoms with Gasteiger partial charge in [0.25, 0.3) is 5.91 Å². The van der Waals surface area contributed by atoms with Crippen molar-refractivity contribution >= 4 is 29.6 Å². The number of anilines is 1. The van der Waals surface area contributed by atoms with Gasteiger partial charge in [-0.05, 0) is 52.9 Å². The lowest BCUT2D eigenvalue weighted by Gasteiger charge is -2.12. The van der Waals surface area contributed by atoms with Crippen LogP contribution in [-0.2, 0) is 12.3 Å². The molecule has 166 valence electrons. The van der Waals surface area contributed by atoms with Crippen molar-refractivity contribution in [3.8, 4) is 0 Å². The molecule has 0 saturated heterocycles. The summed E-state index contributed by atoms with van der Waals surface area (Å²) >= 11 is 1.69. The number of halogens is 1. The van der Waals surface area contributed by atoms with Crippen LogP contribution in [0.5, 0.6) is 0 Å². The van der Waals surface area contributed by atoms with Gasteiger partial charge in [0.2, 0.25) is 0 Å². The summed E-state index contributed by atoms with van der Waals surface area (Å²) in [5, 5.41) is 7.24. The number of nitrogens with one attached hydrogen (secondary N) is 2. The highest BCUT2D eigenvalue weighted by molar-refractivity contribution is 7.98. The van der Waals surface area contributed by atoms with Crippen LogP contribution < -0.4 is 10.7 Å². The molecule has 0 bridgehead atoms. The largest absolute Gasteiger partial charge is 0.348 e. The molecule has 32 heavy (non-hydrogen) atoms. The van der Waals surface area contributed by atoms with Crippen LogP contribution in [0.2, 0.25) is 0 Å². The average Bonchev–Trinajstić information content (AvgIpc) is 2.77. The lowest BCUT2D eigenvalue weighted by atomic mass is 9.99. The molecular formula is C26H28FN3OS. The smallest absolute Gasteiger partial charge is 0.251 e. The number of carbonyl (C=O) groups excluding carboxylic acids is 1. The minimum atomic E-state index is -0.289. The number of nitrogens with zero attached hydrogens (tertiary/aromatic N) is 1. The van der Waals surface area contributed by atoms with Gasteiger partial charge in [-0.25, -0.2) is 4.39 Å². The molecule has 0 unspecified atom stereocenters. The molecular weight excluding hydrogens is 421 g/mol. The van der Waals surface area contributed by atoms with Crippen molar-refractivity contribution in [2.75, 3.05) is 5.43 Å². The van der Waals surface area contributed by atoms with Crippen LogP contribution in [0.25, 0.3) is 0 Å². The Hall–Kier alpha value is -3.12. The fourth-order valence-electron chi connectivity index (χ4n) is 2.83. The van der Waals surface area contributed by atoms with Crippen LogP contribution in [0.4, 0.5) is 10.1 Å². The summed E-state index contributed by atoms with van der Waals surface area (Å²) in [6.07, 6.45) is 1.89. The van der Waals surface area contributed by atoms with Gasteiger partial charge in [0.15, 0.2) is 0 Å². The summed E-state index contributed by atoms with van der Waals surface area (Å²) in [6.45, 7) is 6.65. The van der Waals surface area contributed by atoms with Crippen molar-refractivity contribution in [3.63, 3.8) is 0 Å². The molecule has 3 rings (SSSR count). The topological polar surface area (TPSA) is 53.5 Å². The molecule has 0 spiro atoms. The molecule has 0 atom stereocenters. The van der Waals surface area contributed by atoms with Gasteiger partial charge in [0.05, 0.1) is 5.69 Å². The molecule has 3 aromatic rings. The Bertz CT molecular complexity index is 1070. The van der Waals surface area contributed by atoms with Crippen LogP contribution in [0.1, 0.15) is 42.3 Å². The second-order valence-electron chi connectivity index (χ2n) is 8.53. The van der Waals surface area contributed by atoms with E-state index in [0.29, 0.717) is 12.1 Å². The molecule has 1 amide bonds. The van der Waals surface area contributed by atoms with Gasteiger partial charge in [-0.1, -0.05) is 57.2 Å². The Balaban J connectivity index is 1.60. The highest BCUT2D eigenvalue weighted by atomic mass is 32.2. The molecule has 0 radical (unpaired) electrons. The van der Waals surface area contributed by atoms with E-state index in [4.69, 9.17) is 0 Å². The van der Waals surface area contributed by atoms with Crippen LogP contribution in [0, 0.1) is 11.2 Å². The first-order valence-corrected chi connectivity index (χ1v) is 11.4. The third-order valence-corrected chi connectivity index (χ3v) is 5.62. The molecule has 0 aliphatic heterocycles. The maximum atomic E-state index is 13.0. The summed E-state index contributed by atoms with van der Waals surface area (Å²) in [6, 6.07) is 21.7. The predicted molar refractivity (Wildman–Crippen MR) is 132 cm³/mol. The summed E-state index contributed by atoms with van der Waals surface area (Å²) < 4.78 is 13.0. The predicted octanol–water partition coefficient (Wildman–Crippen LogP) is 6.49. The van der Waals surface area contributed by atoms with Crippen LogP contribution >= 0.6 is 11.8 Å². The van der Waals surface area contributed by atoms with Crippen molar-refractivity contribution in [1.82, 2.24) is 5.32 Å². The quantitative estimate of drug-likeness (QED) is 0.235. The Kier molecular flexibility index (Phi) is 8.06. The SMILES string of the molecule is CC(C)(C)/C=N/Nc1ccccc1SCc1cccc(C(=O)NCc2ccc(F)cc2)c1. The average molecular weight is 450 g/mol. The van der Waals surface area contributed by atoms with E-state index in [1.54, 1.807) is 30.0 Å². The first-order chi connectivity index (χ1) is 15.3. The van der Waals surface area contributed by atoms with E-state index < -0.39 is 0 Å². The standard InChI is InChI=1S/C26H28FN3OS/c1-26(2,3)18-29-30-23-9-4-5-10-24(23)32-17-20-7-6-8-21(15-20)25(31)28-16-19-11-13-22(27)14-12-19/h4-15,18,30H,16-17H2,1-3H3,(H,28,31)/b29-18+. The number of para-hydroxylation sites is 1. The molecule has 0 aliphatic carbocycles. The highest BCUT2D eigenvalue weighted by Crippen LogP contribution is 2.30. The van der Waals surface area contributed by atoms with Gasteiger partial charge >= 0.3 is 0 Å². The van der Waals surface area contributed by atoms with Gasteiger partial charge in [0.1, 0.15) is 5.82 Å². The molecule has 6 heteroatoms. The van der Waals surface area contributed by atoms with E-state index in [9.17, 15) is 9.18 Å². The summed E-state index contributed by atoms with van der Waals surface area (Å²) in [4.78, 5) is 13.6. The Morgan fingerprint density at radius 2 is 1.75 bits per heavy atom. The maximum Gasteiger partial charge on any atom is 0.251 e. The molecule has 2 N–H and O–H groups in total. The van der Waals surface area contributed by atoms with Crippen molar-refractivity contribution < 1.29 is 9.18 Å². The minimum absolute atomic E-state index is 0.00675.